The van der Waals surface area contributed by atoms with Gasteiger partial charge in [0.15, 0.2) is 0 Å². The maximum absolute atomic E-state index is 14.0. The second-order valence-electron chi connectivity index (χ2n) is 10.2. The molecule has 2 fully saturated rings. The standard InChI is InChI=1S/C27H31ClF2N2O/c1-26(29,30)20-5-7-24(28)23(17-20)21-6-4-18-2-3-19(16-22(18)21)25(33)32-14-10-27(11-15-32)8-12-31-13-9-27/h2-3,5,7,16-17,21,31H,4,6,8-15H2,1H3. The van der Waals surface area contributed by atoms with E-state index >= 15 is 0 Å². The average molecular weight is 473 g/mol. The van der Waals surface area contributed by atoms with Gasteiger partial charge in [-0.2, -0.15) is 0 Å². The number of halogens is 3. The van der Waals surface area contributed by atoms with Gasteiger partial charge in [-0.25, -0.2) is 8.78 Å². The molecule has 176 valence electrons. The summed E-state index contributed by atoms with van der Waals surface area (Å²) in [6.45, 7) is 4.67. The number of hydrogen-bond donors (Lipinski definition) is 1. The molecule has 1 spiro atoms. The number of carbonyl (C=O) groups is 1. The lowest BCUT2D eigenvalue weighted by molar-refractivity contribution is 0.0174. The van der Waals surface area contributed by atoms with Gasteiger partial charge in [-0.15, -0.1) is 0 Å². The quantitative estimate of drug-likeness (QED) is 0.582. The van der Waals surface area contributed by atoms with Gasteiger partial charge in [-0.1, -0.05) is 23.7 Å². The van der Waals surface area contributed by atoms with E-state index in [0.29, 0.717) is 16.0 Å². The molecule has 0 radical (unpaired) electrons. The Bertz CT molecular complexity index is 1050. The monoisotopic (exact) mass is 472 g/mol. The van der Waals surface area contributed by atoms with Gasteiger partial charge in [0.25, 0.3) is 11.8 Å². The highest BCUT2D eigenvalue weighted by atomic mass is 35.5. The average Bonchev–Trinajstić information content (AvgIpc) is 3.22. The molecular weight excluding hydrogens is 442 g/mol. The van der Waals surface area contributed by atoms with Crippen molar-refractivity contribution in [2.24, 2.45) is 5.41 Å². The van der Waals surface area contributed by atoms with E-state index in [4.69, 9.17) is 11.6 Å². The predicted molar refractivity (Wildman–Crippen MR) is 127 cm³/mol. The van der Waals surface area contributed by atoms with Gasteiger partial charge in [0, 0.05) is 42.1 Å². The van der Waals surface area contributed by atoms with Crippen LogP contribution in [0.15, 0.2) is 36.4 Å². The highest BCUT2D eigenvalue weighted by molar-refractivity contribution is 6.31. The van der Waals surface area contributed by atoms with E-state index in [1.807, 2.05) is 23.1 Å². The van der Waals surface area contributed by atoms with E-state index in [9.17, 15) is 13.6 Å². The lowest BCUT2D eigenvalue weighted by atomic mass is 9.71. The lowest BCUT2D eigenvalue weighted by Crippen LogP contribution is -2.47. The molecule has 2 aromatic carbocycles. The summed E-state index contributed by atoms with van der Waals surface area (Å²) in [6, 6.07) is 10.5. The summed E-state index contributed by atoms with van der Waals surface area (Å²) in [5.74, 6) is -2.91. The molecule has 2 heterocycles. The molecule has 1 amide bonds. The number of benzene rings is 2. The number of carbonyl (C=O) groups excluding carboxylic acids is 1. The van der Waals surface area contributed by atoms with Gasteiger partial charge in [-0.3, -0.25) is 4.79 Å². The third-order valence-corrected chi connectivity index (χ3v) is 8.47. The van der Waals surface area contributed by atoms with Gasteiger partial charge in [-0.05, 0) is 98.0 Å². The first-order valence-electron chi connectivity index (χ1n) is 12.1. The summed E-state index contributed by atoms with van der Waals surface area (Å²) in [6.07, 6.45) is 6.21. The molecule has 1 atom stereocenters. The first-order chi connectivity index (χ1) is 15.8. The third-order valence-electron chi connectivity index (χ3n) is 8.12. The van der Waals surface area contributed by atoms with E-state index in [-0.39, 0.29) is 17.4 Å². The van der Waals surface area contributed by atoms with Crippen LogP contribution in [0.2, 0.25) is 5.02 Å². The summed E-state index contributed by atoms with van der Waals surface area (Å²) in [5, 5.41) is 3.94. The molecule has 2 aromatic rings. The van der Waals surface area contributed by atoms with E-state index in [1.165, 1.54) is 24.5 Å². The molecule has 5 rings (SSSR count). The molecule has 2 saturated heterocycles. The second kappa shape index (κ2) is 8.66. The number of alkyl halides is 2. The maximum Gasteiger partial charge on any atom is 0.270 e. The van der Waals surface area contributed by atoms with Gasteiger partial charge in [0.05, 0.1) is 0 Å². The van der Waals surface area contributed by atoms with Crippen molar-refractivity contribution in [3.63, 3.8) is 0 Å². The first kappa shape index (κ1) is 22.8. The number of amides is 1. The molecule has 1 unspecified atom stereocenters. The minimum absolute atomic E-state index is 0.0252. The van der Waals surface area contributed by atoms with Crippen molar-refractivity contribution < 1.29 is 13.6 Å². The van der Waals surface area contributed by atoms with Crippen LogP contribution in [0, 0.1) is 5.41 Å². The Hall–Kier alpha value is -1.98. The fourth-order valence-electron chi connectivity index (χ4n) is 5.97. The Morgan fingerprint density at radius 1 is 1.06 bits per heavy atom. The number of likely N-dealkylation sites (tertiary alicyclic amines) is 1. The number of fused-ring (bicyclic) bond motifs is 1. The summed E-state index contributed by atoms with van der Waals surface area (Å²) in [7, 11) is 0. The number of nitrogens with one attached hydrogen (secondary N) is 1. The van der Waals surface area contributed by atoms with Crippen molar-refractivity contribution in [1.82, 2.24) is 10.2 Å². The third kappa shape index (κ3) is 4.42. The van der Waals surface area contributed by atoms with Crippen LogP contribution in [-0.2, 0) is 12.3 Å². The number of rotatable bonds is 3. The van der Waals surface area contributed by atoms with Crippen LogP contribution >= 0.6 is 11.6 Å². The minimum Gasteiger partial charge on any atom is -0.339 e. The smallest absolute Gasteiger partial charge is 0.270 e. The van der Waals surface area contributed by atoms with Crippen molar-refractivity contribution in [2.45, 2.75) is 57.3 Å². The fourth-order valence-corrected chi connectivity index (χ4v) is 6.22. The van der Waals surface area contributed by atoms with E-state index < -0.39 is 5.92 Å². The van der Waals surface area contributed by atoms with Crippen LogP contribution in [0.3, 0.4) is 0 Å². The summed E-state index contributed by atoms with van der Waals surface area (Å²) in [5.41, 5.74) is 4.01. The number of nitrogens with zero attached hydrogens (tertiary/aromatic N) is 1. The minimum atomic E-state index is -2.92. The molecule has 1 N–H and O–H groups in total. The van der Waals surface area contributed by atoms with E-state index in [1.54, 1.807) is 12.1 Å². The van der Waals surface area contributed by atoms with Crippen molar-refractivity contribution >= 4 is 17.5 Å². The fraction of sp³-hybridized carbons (Fsp3) is 0.519. The summed E-state index contributed by atoms with van der Waals surface area (Å²) in [4.78, 5) is 15.3. The molecule has 2 aliphatic heterocycles. The van der Waals surface area contributed by atoms with E-state index in [0.717, 1.165) is 69.9 Å². The first-order valence-corrected chi connectivity index (χ1v) is 12.4. The second-order valence-corrected chi connectivity index (χ2v) is 10.6. The zero-order valence-electron chi connectivity index (χ0n) is 19.1. The van der Waals surface area contributed by atoms with Gasteiger partial charge >= 0.3 is 0 Å². The lowest BCUT2D eigenvalue weighted by Gasteiger charge is -2.44. The molecule has 3 nitrogen and oxygen atoms in total. The maximum atomic E-state index is 14.0. The van der Waals surface area contributed by atoms with Gasteiger partial charge in [0.1, 0.15) is 0 Å². The molecule has 1 aliphatic carbocycles. The topological polar surface area (TPSA) is 32.3 Å². The van der Waals surface area contributed by atoms with Crippen LogP contribution in [0.1, 0.15) is 77.6 Å². The van der Waals surface area contributed by atoms with Crippen molar-refractivity contribution in [2.75, 3.05) is 26.2 Å². The summed E-state index contributed by atoms with van der Waals surface area (Å²) >= 11 is 6.46. The highest BCUT2D eigenvalue weighted by Crippen LogP contribution is 2.44. The normalized spacial score (nSPS) is 22.4. The molecule has 0 bridgehead atoms. The van der Waals surface area contributed by atoms with Gasteiger partial charge in [0.2, 0.25) is 0 Å². The predicted octanol–water partition coefficient (Wildman–Crippen LogP) is 6.14. The molecule has 3 aliphatic rings. The Morgan fingerprint density at radius 3 is 2.48 bits per heavy atom. The van der Waals surface area contributed by atoms with Crippen LogP contribution in [0.25, 0.3) is 0 Å². The Labute approximate surface area is 199 Å². The van der Waals surface area contributed by atoms with Crippen molar-refractivity contribution in [3.8, 4) is 0 Å². The highest BCUT2D eigenvalue weighted by Gasteiger charge is 2.37. The number of piperidine rings is 2. The van der Waals surface area contributed by atoms with Crippen molar-refractivity contribution in [3.05, 3.63) is 69.2 Å². The zero-order valence-corrected chi connectivity index (χ0v) is 19.9. The SMILES string of the molecule is CC(F)(F)c1ccc(Cl)c(C2CCc3ccc(C(=O)N4CCC5(CCNCC5)CC4)cc32)c1. The van der Waals surface area contributed by atoms with Gasteiger partial charge < -0.3 is 10.2 Å². The van der Waals surface area contributed by atoms with E-state index in [2.05, 4.69) is 5.32 Å². The number of hydrogen-bond acceptors (Lipinski definition) is 2. The summed E-state index contributed by atoms with van der Waals surface area (Å²) < 4.78 is 27.9. The van der Waals surface area contributed by atoms with Crippen LogP contribution < -0.4 is 5.32 Å². The van der Waals surface area contributed by atoms with Crippen molar-refractivity contribution in [1.29, 1.82) is 0 Å². The van der Waals surface area contributed by atoms with Crippen LogP contribution in [-0.4, -0.2) is 37.0 Å². The Morgan fingerprint density at radius 2 is 1.79 bits per heavy atom. The largest absolute Gasteiger partial charge is 0.339 e. The molecule has 6 heteroatoms. The van der Waals surface area contributed by atoms with Crippen LogP contribution in [0.5, 0.6) is 0 Å². The number of aryl methyl sites for hydroxylation is 1. The molecule has 33 heavy (non-hydrogen) atoms. The Balaban J connectivity index is 1.37. The molecular formula is C27H31ClF2N2O. The molecule has 0 aromatic heterocycles. The van der Waals surface area contributed by atoms with Crippen LogP contribution in [0.4, 0.5) is 8.78 Å². The zero-order chi connectivity index (χ0) is 23.2. The Kier molecular flexibility index (Phi) is 5.98. The molecule has 0 saturated carbocycles.